The minimum absolute atomic E-state index is 0.227. The molecule has 2 saturated heterocycles. The largest absolute Gasteiger partial charge is 0.368 e. The van der Waals surface area contributed by atoms with Crippen LogP contribution in [0.4, 0.5) is 0 Å². The van der Waals surface area contributed by atoms with Crippen molar-refractivity contribution in [3.8, 4) is 0 Å². The fraction of sp³-hybridized carbons (Fsp3) is 0.933. The van der Waals surface area contributed by atoms with Crippen molar-refractivity contribution in [3.05, 3.63) is 0 Å². The Bertz CT molecular complexity index is 315. The second kappa shape index (κ2) is 7.38. The van der Waals surface area contributed by atoms with Crippen LogP contribution in [0.5, 0.6) is 0 Å². The lowest BCUT2D eigenvalue weighted by Gasteiger charge is -2.32. The smallest absolute Gasteiger partial charge is 0.235 e. The first-order valence-corrected chi connectivity index (χ1v) is 8.08. The molecule has 2 atom stereocenters. The van der Waals surface area contributed by atoms with E-state index in [1.54, 1.807) is 0 Å². The molecule has 20 heavy (non-hydrogen) atoms. The van der Waals surface area contributed by atoms with E-state index >= 15 is 0 Å². The predicted molar refractivity (Wildman–Crippen MR) is 81.5 cm³/mol. The minimum Gasteiger partial charge on any atom is -0.368 e. The van der Waals surface area contributed by atoms with Crippen LogP contribution in [0, 0.1) is 0 Å². The Balaban J connectivity index is 1.80. The average molecular weight is 282 g/mol. The molecule has 2 unspecified atom stereocenters. The van der Waals surface area contributed by atoms with Crippen LogP contribution in [-0.2, 0) is 4.79 Å². The van der Waals surface area contributed by atoms with Gasteiger partial charge in [0.1, 0.15) is 0 Å². The van der Waals surface area contributed by atoms with Gasteiger partial charge in [0, 0.05) is 25.2 Å². The molecule has 0 aromatic carbocycles. The second-order valence-corrected chi connectivity index (χ2v) is 6.58. The topological polar surface area (TPSA) is 61.6 Å². The van der Waals surface area contributed by atoms with Crippen molar-refractivity contribution >= 4 is 5.91 Å². The monoisotopic (exact) mass is 282 g/mol. The van der Waals surface area contributed by atoms with Gasteiger partial charge in [-0.05, 0) is 38.9 Å². The Morgan fingerprint density at radius 2 is 1.95 bits per heavy atom. The highest BCUT2D eigenvalue weighted by molar-refractivity contribution is 5.80. The summed E-state index contributed by atoms with van der Waals surface area (Å²) in [6, 6.07) is 0.742. The molecule has 2 aliphatic heterocycles. The molecule has 2 heterocycles. The number of nitrogens with one attached hydrogen (secondary N) is 1. The molecule has 5 heteroatoms. The zero-order valence-electron chi connectivity index (χ0n) is 13.0. The van der Waals surface area contributed by atoms with Crippen molar-refractivity contribution < 1.29 is 4.79 Å². The molecule has 0 aromatic rings. The summed E-state index contributed by atoms with van der Waals surface area (Å²) in [6.45, 7) is 9.53. The van der Waals surface area contributed by atoms with Crippen LogP contribution in [-0.4, -0.2) is 66.6 Å². The fourth-order valence-electron chi connectivity index (χ4n) is 3.44. The first-order chi connectivity index (χ1) is 9.56. The fourth-order valence-corrected chi connectivity index (χ4v) is 3.44. The van der Waals surface area contributed by atoms with Gasteiger partial charge in [-0.25, -0.2) is 0 Å². The lowest BCUT2D eigenvalue weighted by atomic mass is 10.1. The lowest BCUT2D eigenvalue weighted by molar-refractivity contribution is -0.120. The highest BCUT2D eigenvalue weighted by atomic mass is 16.1. The van der Waals surface area contributed by atoms with Crippen LogP contribution in [0.15, 0.2) is 0 Å². The quantitative estimate of drug-likeness (QED) is 0.740. The van der Waals surface area contributed by atoms with Crippen molar-refractivity contribution in [2.45, 2.75) is 57.7 Å². The number of nitrogens with zero attached hydrogens (tertiary/aromatic N) is 2. The predicted octanol–water partition coefficient (Wildman–Crippen LogP) is 0.399. The van der Waals surface area contributed by atoms with Gasteiger partial charge in [0.2, 0.25) is 5.91 Å². The normalized spacial score (nSPS) is 27.1. The van der Waals surface area contributed by atoms with Gasteiger partial charge in [-0.1, -0.05) is 20.3 Å². The summed E-state index contributed by atoms with van der Waals surface area (Å²) in [4.78, 5) is 16.6. The molecule has 2 aliphatic rings. The number of amides is 1. The van der Waals surface area contributed by atoms with E-state index in [0.29, 0.717) is 6.04 Å². The van der Waals surface area contributed by atoms with Gasteiger partial charge in [-0.2, -0.15) is 0 Å². The number of carbonyl (C=O) groups excluding carboxylic acids is 1. The molecule has 1 amide bonds. The van der Waals surface area contributed by atoms with E-state index in [0.717, 1.165) is 19.6 Å². The number of carbonyl (C=O) groups is 1. The first kappa shape index (κ1) is 15.7. The van der Waals surface area contributed by atoms with E-state index < -0.39 is 0 Å². The summed E-state index contributed by atoms with van der Waals surface area (Å²) in [7, 11) is 0. The summed E-state index contributed by atoms with van der Waals surface area (Å²) in [5.41, 5.74) is 5.50. The van der Waals surface area contributed by atoms with Crippen LogP contribution in [0.3, 0.4) is 0 Å². The van der Waals surface area contributed by atoms with Gasteiger partial charge < -0.3 is 11.1 Å². The summed E-state index contributed by atoms with van der Waals surface area (Å²) in [5.74, 6) is -0.236. The maximum Gasteiger partial charge on any atom is 0.235 e. The molecule has 2 fully saturated rings. The van der Waals surface area contributed by atoms with Gasteiger partial charge in [0.15, 0.2) is 0 Å². The molecule has 3 N–H and O–H groups in total. The molecule has 0 radical (unpaired) electrons. The van der Waals surface area contributed by atoms with Crippen molar-refractivity contribution in [1.82, 2.24) is 15.1 Å². The average Bonchev–Trinajstić information content (AvgIpc) is 2.87. The van der Waals surface area contributed by atoms with E-state index in [9.17, 15) is 4.79 Å². The van der Waals surface area contributed by atoms with Gasteiger partial charge in [-0.15, -0.1) is 0 Å². The number of nitrogens with two attached hydrogens (primary N) is 1. The Hall–Kier alpha value is -0.650. The Labute approximate surface area is 122 Å². The zero-order chi connectivity index (χ0) is 14.5. The van der Waals surface area contributed by atoms with Gasteiger partial charge in [0.05, 0.1) is 6.04 Å². The molecule has 0 spiro atoms. The van der Waals surface area contributed by atoms with E-state index in [2.05, 4.69) is 29.0 Å². The highest BCUT2D eigenvalue weighted by Crippen LogP contribution is 2.20. The number of likely N-dealkylation sites (tertiary alicyclic amines) is 2. The summed E-state index contributed by atoms with van der Waals surface area (Å²) in [6.07, 6.45) is 5.30. The third-order valence-electron chi connectivity index (χ3n) is 4.47. The molecule has 2 rings (SSSR count). The molecule has 0 bridgehead atoms. The van der Waals surface area contributed by atoms with Crippen molar-refractivity contribution in [2.24, 2.45) is 5.73 Å². The SMILES string of the molecule is CC(C)NC(CN1CCC(N2CCCCC2)C1)C(N)=O. The third kappa shape index (κ3) is 4.43. The summed E-state index contributed by atoms with van der Waals surface area (Å²) < 4.78 is 0. The lowest BCUT2D eigenvalue weighted by Crippen LogP contribution is -2.51. The van der Waals surface area contributed by atoms with Crippen LogP contribution in [0.1, 0.15) is 39.5 Å². The van der Waals surface area contributed by atoms with E-state index in [4.69, 9.17) is 5.73 Å². The number of hydrogen-bond acceptors (Lipinski definition) is 4. The number of rotatable bonds is 6. The van der Waals surface area contributed by atoms with Crippen molar-refractivity contribution in [1.29, 1.82) is 0 Å². The van der Waals surface area contributed by atoms with Crippen LogP contribution in [0.2, 0.25) is 0 Å². The van der Waals surface area contributed by atoms with Crippen LogP contribution < -0.4 is 11.1 Å². The van der Waals surface area contributed by atoms with E-state index in [1.165, 1.54) is 38.8 Å². The minimum atomic E-state index is -0.236. The Morgan fingerprint density at radius 3 is 2.55 bits per heavy atom. The molecular weight excluding hydrogens is 252 g/mol. The standard InChI is InChI=1S/C15H30N4O/c1-12(2)17-14(15(16)20)11-18-9-6-13(10-18)19-7-4-3-5-8-19/h12-14,17H,3-11H2,1-2H3,(H2,16,20). The van der Waals surface area contributed by atoms with Gasteiger partial charge in [0.25, 0.3) is 0 Å². The number of piperidine rings is 1. The van der Waals surface area contributed by atoms with Crippen LogP contribution in [0.25, 0.3) is 0 Å². The highest BCUT2D eigenvalue weighted by Gasteiger charge is 2.30. The molecule has 0 saturated carbocycles. The van der Waals surface area contributed by atoms with Crippen molar-refractivity contribution in [3.63, 3.8) is 0 Å². The van der Waals surface area contributed by atoms with Gasteiger partial charge in [-0.3, -0.25) is 14.6 Å². The third-order valence-corrected chi connectivity index (χ3v) is 4.47. The van der Waals surface area contributed by atoms with E-state index in [1.807, 2.05) is 0 Å². The molecule has 0 aromatic heterocycles. The number of primary amides is 1. The maximum absolute atomic E-state index is 11.5. The summed E-state index contributed by atoms with van der Waals surface area (Å²) >= 11 is 0. The van der Waals surface area contributed by atoms with Crippen LogP contribution >= 0.6 is 0 Å². The first-order valence-electron chi connectivity index (χ1n) is 8.08. The van der Waals surface area contributed by atoms with E-state index in [-0.39, 0.29) is 18.0 Å². The van der Waals surface area contributed by atoms with Gasteiger partial charge >= 0.3 is 0 Å². The molecule has 116 valence electrons. The maximum atomic E-state index is 11.5. The molecule has 5 nitrogen and oxygen atoms in total. The number of hydrogen-bond donors (Lipinski definition) is 2. The second-order valence-electron chi connectivity index (χ2n) is 6.58. The summed E-state index contributed by atoms with van der Waals surface area (Å²) in [5, 5.41) is 3.27. The Morgan fingerprint density at radius 1 is 1.25 bits per heavy atom. The molecular formula is C15H30N4O. The molecule has 0 aliphatic carbocycles. The Kier molecular flexibility index (Phi) is 5.81. The van der Waals surface area contributed by atoms with Crippen molar-refractivity contribution in [2.75, 3.05) is 32.7 Å². The zero-order valence-corrected chi connectivity index (χ0v) is 13.0.